The number of nitrogens with one attached hydrogen (secondary N) is 1. The number of aromatic nitrogens is 3. The summed E-state index contributed by atoms with van der Waals surface area (Å²) in [5.74, 6) is 0.601. The predicted molar refractivity (Wildman–Crippen MR) is 85.0 cm³/mol. The molecular formula is C16H19N5O2. The summed E-state index contributed by atoms with van der Waals surface area (Å²) >= 11 is 0. The average molecular weight is 313 g/mol. The number of carbonyl (C=O) groups is 2. The molecule has 1 aliphatic heterocycles. The zero-order valence-corrected chi connectivity index (χ0v) is 13.2. The molecule has 1 aromatic carbocycles. The summed E-state index contributed by atoms with van der Waals surface area (Å²) in [5, 5.41) is 10.7. The Hall–Kier alpha value is -2.70. The lowest BCUT2D eigenvalue weighted by molar-refractivity contribution is -0.116. The predicted octanol–water partition coefficient (Wildman–Crippen LogP) is 1.14. The Bertz CT molecular complexity index is 753. The van der Waals surface area contributed by atoms with Gasteiger partial charge in [-0.3, -0.25) is 9.59 Å². The first kappa shape index (κ1) is 15.2. The van der Waals surface area contributed by atoms with E-state index in [4.69, 9.17) is 0 Å². The zero-order valence-electron chi connectivity index (χ0n) is 13.2. The van der Waals surface area contributed by atoms with Crippen LogP contribution in [-0.2, 0) is 24.3 Å². The lowest BCUT2D eigenvalue weighted by atomic mass is 10.1. The molecule has 0 bridgehead atoms. The Labute approximate surface area is 134 Å². The summed E-state index contributed by atoms with van der Waals surface area (Å²) in [6.07, 6.45) is 2.42. The van der Waals surface area contributed by atoms with Gasteiger partial charge in [-0.05, 0) is 37.1 Å². The summed E-state index contributed by atoms with van der Waals surface area (Å²) in [4.78, 5) is 25.6. The third kappa shape index (κ3) is 2.94. The highest BCUT2D eigenvalue weighted by atomic mass is 16.2. The van der Waals surface area contributed by atoms with Gasteiger partial charge in [0.25, 0.3) is 5.91 Å². The van der Waals surface area contributed by atoms with E-state index in [1.807, 2.05) is 23.6 Å². The highest BCUT2D eigenvalue weighted by Gasteiger charge is 2.23. The van der Waals surface area contributed by atoms with Crippen molar-refractivity contribution in [2.75, 3.05) is 11.4 Å². The van der Waals surface area contributed by atoms with Crippen LogP contribution in [0.2, 0.25) is 0 Å². The van der Waals surface area contributed by atoms with E-state index in [-0.39, 0.29) is 11.8 Å². The highest BCUT2D eigenvalue weighted by molar-refractivity contribution is 5.97. The van der Waals surface area contributed by atoms with Crippen LogP contribution in [0, 0.1) is 0 Å². The fourth-order valence-corrected chi connectivity index (χ4v) is 2.81. The molecular weight excluding hydrogens is 294 g/mol. The Morgan fingerprint density at radius 1 is 1.35 bits per heavy atom. The lowest BCUT2D eigenvalue weighted by Crippen LogP contribution is -2.26. The number of hydrogen-bond donors (Lipinski definition) is 1. The topological polar surface area (TPSA) is 80.1 Å². The van der Waals surface area contributed by atoms with Crippen LogP contribution in [-0.4, -0.2) is 33.1 Å². The van der Waals surface area contributed by atoms with E-state index in [1.54, 1.807) is 24.2 Å². The maximum atomic E-state index is 12.3. The molecule has 7 nitrogen and oxygen atoms in total. The van der Waals surface area contributed by atoms with Crippen LogP contribution >= 0.6 is 0 Å². The van der Waals surface area contributed by atoms with E-state index in [9.17, 15) is 9.59 Å². The van der Waals surface area contributed by atoms with Gasteiger partial charge in [-0.1, -0.05) is 0 Å². The van der Waals surface area contributed by atoms with Crippen LogP contribution < -0.4 is 10.2 Å². The van der Waals surface area contributed by atoms with Crippen molar-refractivity contribution < 1.29 is 9.59 Å². The smallest absolute Gasteiger partial charge is 0.251 e. The number of fused-ring (bicyclic) bond motifs is 1. The molecule has 7 heteroatoms. The molecule has 2 amide bonds. The monoisotopic (exact) mass is 313 g/mol. The molecule has 0 spiro atoms. The molecule has 120 valence electrons. The summed E-state index contributed by atoms with van der Waals surface area (Å²) in [6.45, 7) is 5.33. The average Bonchev–Trinajstić information content (AvgIpc) is 3.17. The number of aryl methyl sites for hydroxylation is 1. The van der Waals surface area contributed by atoms with Crippen LogP contribution in [0.4, 0.5) is 5.69 Å². The SMILES string of the molecule is CCn1cnnc1CNC(=O)c1ccc2c(c1)CCN2C(C)=O. The molecule has 1 N–H and O–H groups in total. The van der Waals surface area contributed by atoms with Crippen molar-refractivity contribution in [2.24, 2.45) is 0 Å². The fourth-order valence-electron chi connectivity index (χ4n) is 2.81. The van der Waals surface area contributed by atoms with Gasteiger partial charge in [-0.2, -0.15) is 0 Å². The maximum Gasteiger partial charge on any atom is 0.251 e. The summed E-state index contributed by atoms with van der Waals surface area (Å²) in [5.41, 5.74) is 2.53. The summed E-state index contributed by atoms with van der Waals surface area (Å²) in [7, 11) is 0. The van der Waals surface area contributed by atoms with E-state index < -0.39 is 0 Å². The molecule has 1 aromatic heterocycles. The van der Waals surface area contributed by atoms with Gasteiger partial charge in [-0.15, -0.1) is 10.2 Å². The van der Waals surface area contributed by atoms with Crippen molar-refractivity contribution in [2.45, 2.75) is 33.4 Å². The number of benzene rings is 1. The van der Waals surface area contributed by atoms with Gasteiger partial charge in [0, 0.05) is 31.3 Å². The Morgan fingerprint density at radius 3 is 2.91 bits per heavy atom. The van der Waals surface area contributed by atoms with Crippen molar-refractivity contribution in [1.82, 2.24) is 20.1 Å². The molecule has 23 heavy (non-hydrogen) atoms. The van der Waals surface area contributed by atoms with Crippen LogP contribution in [0.1, 0.15) is 35.6 Å². The normalized spacial score (nSPS) is 13.0. The van der Waals surface area contributed by atoms with Crippen molar-refractivity contribution in [1.29, 1.82) is 0 Å². The number of hydrogen-bond acceptors (Lipinski definition) is 4. The van der Waals surface area contributed by atoms with Gasteiger partial charge < -0.3 is 14.8 Å². The van der Waals surface area contributed by atoms with Gasteiger partial charge >= 0.3 is 0 Å². The summed E-state index contributed by atoms with van der Waals surface area (Å²) < 4.78 is 1.88. The lowest BCUT2D eigenvalue weighted by Gasteiger charge is -2.14. The minimum Gasteiger partial charge on any atom is -0.345 e. The first-order valence-electron chi connectivity index (χ1n) is 7.66. The number of carbonyl (C=O) groups excluding carboxylic acids is 2. The maximum absolute atomic E-state index is 12.3. The number of rotatable bonds is 4. The van der Waals surface area contributed by atoms with E-state index in [1.165, 1.54) is 0 Å². The van der Waals surface area contributed by atoms with E-state index in [0.29, 0.717) is 18.7 Å². The zero-order chi connectivity index (χ0) is 16.4. The van der Waals surface area contributed by atoms with Crippen LogP contribution in [0.15, 0.2) is 24.5 Å². The minimum atomic E-state index is -0.153. The molecule has 2 heterocycles. The molecule has 0 atom stereocenters. The molecule has 0 aliphatic carbocycles. The summed E-state index contributed by atoms with van der Waals surface area (Å²) in [6, 6.07) is 5.45. The van der Waals surface area contributed by atoms with Crippen molar-refractivity contribution in [3.8, 4) is 0 Å². The molecule has 0 saturated carbocycles. The number of anilines is 1. The van der Waals surface area contributed by atoms with Crippen LogP contribution in [0.3, 0.4) is 0 Å². The third-order valence-electron chi connectivity index (χ3n) is 4.06. The standard InChI is InChI=1S/C16H19N5O2/c1-3-20-10-18-19-15(20)9-17-16(23)13-4-5-14-12(8-13)6-7-21(14)11(2)22/h4-5,8,10H,3,6-7,9H2,1-2H3,(H,17,23). The van der Waals surface area contributed by atoms with Crippen molar-refractivity contribution in [3.05, 3.63) is 41.5 Å². The quantitative estimate of drug-likeness (QED) is 0.918. The molecule has 0 unspecified atom stereocenters. The number of nitrogens with zero attached hydrogens (tertiary/aromatic N) is 4. The van der Waals surface area contributed by atoms with Gasteiger partial charge in [0.15, 0.2) is 5.82 Å². The van der Waals surface area contributed by atoms with Crippen LogP contribution in [0.5, 0.6) is 0 Å². The first-order chi connectivity index (χ1) is 11.1. The van der Waals surface area contributed by atoms with Crippen molar-refractivity contribution in [3.63, 3.8) is 0 Å². The van der Waals surface area contributed by atoms with Gasteiger partial charge in [0.05, 0.1) is 6.54 Å². The molecule has 0 saturated heterocycles. The van der Waals surface area contributed by atoms with E-state index in [2.05, 4.69) is 15.5 Å². The molecule has 0 radical (unpaired) electrons. The molecule has 1 aliphatic rings. The Kier molecular flexibility index (Phi) is 4.10. The fraction of sp³-hybridized carbons (Fsp3) is 0.375. The highest BCUT2D eigenvalue weighted by Crippen LogP contribution is 2.28. The second-order valence-corrected chi connectivity index (χ2v) is 5.48. The third-order valence-corrected chi connectivity index (χ3v) is 4.06. The molecule has 2 aromatic rings. The van der Waals surface area contributed by atoms with Gasteiger partial charge in [0.2, 0.25) is 5.91 Å². The second-order valence-electron chi connectivity index (χ2n) is 5.48. The first-order valence-corrected chi connectivity index (χ1v) is 7.66. The van der Waals surface area contributed by atoms with E-state index in [0.717, 1.165) is 30.0 Å². The largest absolute Gasteiger partial charge is 0.345 e. The Balaban J connectivity index is 1.70. The molecule has 0 fully saturated rings. The Morgan fingerprint density at radius 2 is 2.17 bits per heavy atom. The van der Waals surface area contributed by atoms with Crippen molar-refractivity contribution >= 4 is 17.5 Å². The second kappa shape index (κ2) is 6.20. The molecule has 3 rings (SSSR count). The van der Waals surface area contributed by atoms with Gasteiger partial charge in [0.1, 0.15) is 6.33 Å². The van der Waals surface area contributed by atoms with Gasteiger partial charge in [-0.25, -0.2) is 0 Å². The number of amides is 2. The van der Waals surface area contributed by atoms with Crippen LogP contribution in [0.25, 0.3) is 0 Å². The van der Waals surface area contributed by atoms with E-state index >= 15 is 0 Å². The minimum absolute atomic E-state index is 0.0276.